The average Bonchev–Trinajstić information content (AvgIpc) is 3.34. The van der Waals surface area contributed by atoms with E-state index in [-0.39, 0.29) is 23.1 Å². The van der Waals surface area contributed by atoms with Crippen LogP contribution in [0.3, 0.4) is 0 Å². The van der Waals surface area contributed by atoms with Gasteiger partial charge in [-0.1, -0.05) is 52.7 Å². The molecule has 0 radical (unpaired) electrons. The van der Waals surface area contributed by atoms with E-state index in [0.29, 0.717) is 32.2 Å². The number of esters is 1. The Kier molecular flexibility index (Phi) is 10.4. The van der Waals surface area contributed by atoms with Crippen LogP contribution in [0.4, 0.5) is 0 Å². The number of rotatable bonds is 11. The number of likely N-dealkylation sites (tertiary alicyclic amines) is 1. The molecule has 36 heavy (non-hydrogen) atoms. The van der Waals surface area contributed by atoms with Gasteiger partial charge >= 0.3 is 11.9 Å². The van der Waals surface area contributed by atoms with Gasteiger partial charge in [0, 0.05) is 13.5 Å². The molecule has 10 nitrogen and oxygen atoms in total. The molecular weight excluding hydrogens is 466 g/mol. The topological polar surface area (TPSA) is 142 Å². The molecule has 1 heterocycles. The Bertz CT molecular complexity index is 980. The molecule has 5 atom stereocenters. The standard InChI is InChI=1S/C26H37N3O7/c1-6-15(3)21(27-23(31)18-11-8-9-13-20(18)36-17(5)30)25(33)29-14-10-12-19(29)24(32)28-22(26(34)35)16(4)7-2/h8-9,11,13,15-16,19,21-22H,6-7,10,12,14H2,1-5H3,(H,27,31)(H,28,32)(H,34,35)/t15-,16-,19-,21-,22-/m0/s1. The normalized spacial score (nSPS) is 18.5. The Balaban J connectivity index is 2.25. The molecule has 10 heteroatoms. The van der Waals surface area contributed by atoms with Crippen LogP contribution in [-0.2, 0) is 19.2 Å². The van der Waals surface area contributed by atoms with E-state index in [1.165, 1.54) is 24.0 Å². The zero-order valence-corrected chi connectivity index (χ0v) is 21.6. The van der Waals surface area contributed by atoms with E-state index < -0.39 is 47.8 Å². The summed E-state index contributed by atoms with van der Waals surface area (Å²) in [6, 6.07) is 3.45. The average molecular weight is 504 g/mol. The Morgan fingerprint density at radius 3 is 2.22 bits per heavy atom. The van der Waals surface area contributed by atoms with Gasteiger partial charge < -0.3 is 25.4 Å². The smallest absolute Gasteiger partial charge is 0.326 e. The maximum atomic E-state index is 13.6. The van der Waals surface area contributed by atoms with Crippen LogP contribution >= 0.6 is 0 Å². The van der Waals surface area contributed by atoms with Crippen molar-refractivity contribution in [2.75, 3.05) is 6.54 Å². The minimum Gasteiger partial charge on any atom is -0.480 e. The summed E-state index contributed by atoms with van der Waals surface area (Å²) in [6.07, 6.45) is 2.14. The third kappa shape index (κ3) is 7.05. The number of hydrogen-bond acceptors (Lipinski definition) is 6. The van der Waals surface area contributed by atoms with Gasteiger partial charge in [-0.05, 0) is 36.8 Å². The second kappa shape index (κ2) is 13.0. The fourth-order valence-corrected chi connectivity index (χ4v) is 4.21. The Hall–Kier alpha value is -3.43. The maximum Gasteiger partial charge on any atom is 0.326 e. The van der Waals surface area contributed by atoms with Crippen molar-refractivity contribution in [3.8, 4) is 5.75 Å². The molecule has 3 amide bonds. The number of carboxylic acids is 1. The van der Waals surface area contributed by atoms with E-state index >= 15 is 0 Å². The monoisotopic (exact) mass is 503 g/mol. The van der Waals surface area contributed by atoms with Crippen LogP contribution in [0.5, 0.6) is 5.75 Å². The molecule has 1 saturated heterocycles. The van der Waals surface area contributed by atoms with E-state index in [2.05, 4.69) is 10.6 Å². The number of aliphatic carboxylic acids is 1. The number of carboxylic acid groups (broad SMARTS) is 1. The van der Waals surface area contributed by atoms with E-state index in [4.69, 9.17) is 4.74 Å². The van der Waals surface area contributed by atoms with Gasteiger partial charge in [-0.2, -0.15) is 0 Å². The lowest BCUT2D eigenvalue weighted by atomic mass is 9.96. The van der Waals surface area contributed by atoms with E-state index in [0.717, 1.165) is 0 Å². The predicted molar refractivity (Wildman–Crippen MR) is 132 cm³/mol. The van der Waals surface area contributed by atoms with Crippen LogP contribution in [0.15, 0.2) is 24.3 Å². The number of carbonyl (C=O) groups excluding carboxylic acids is 4. The van der Waals surface area contributed by atoms with Gasteiger partial charge in [-0.3, -0.25) is 19.2 Å². The number of amides is 3. The first-order valence-electron chi connectivity index (χ1n) is 12.4. The van der Waals surface area contributed by atoms with Crippen molar-refractivity contribution in [3.05, 3.63) is 29.8 Å². The Labute approximate surface area is 211 Å². The van der Waals surface area contributed by atoms with Gasteiger partial charge in [-0.25, -0.2) is 4.79 Å². The molecule has 0 aliphatic carbocycles. The lowest BCUT2D eigenvalue weighted by molar-refractivity contribution is -0.145. The minimum absolute atomic E-state index is 0.0843. The summed E-state index contributed by atoms with van der Waals surface area (Å²) in [5.74, 6) is -3.63. The highest BCUT2D eigenvalue weighted by atomic mass is 16.5. The third-order valence-corrected chi connectivity index (χ3v) is 6.77. The molecule has 0 spiro atoms. The summed E-state index contributed by atoms with van der Waals surface area (Å²) in [6.45, 7) is 8.87. The van der Waals surface area contributed by atoms with Crippen molar-refractivity contribution in [1.82, 2.24) is 15.5 Å². The molecular formula is C26H37N3O7. The quantitative estimate of drug-likeness (QED) is 0.311. The highest BCUT2D eigenvalue weighted by Crippen LogP contribution is 2.24. The predicted octanol–water partition coefficient (Wildman–Crippen LogP) is 2.36. The SMILES string of the molecule is CC[C@H](C)[C@H](NC(=O)[C@@H]1CCCN1C(=O)[C@@H](NC(=O)c1ccccc1OC(C)=O)[C@@H](C)CC)C(=O)O. The van der Waals surface area contributed by atoms with Crippen molar-refractivity contribution in [2.45, 2.75) is 78.4 Å². The number of ether oxygens (including phenoxy) is 1. The molecule has 2 rings (SSSR count). The van der Waals surface area contributed by atoms with E-state index in [9.17, 15) is 29.1 Å². The van der Waals surface area contributed by atoms with Gasteiger partial charge in [0.1, 0.15) is 23.9 Å². The first-order chi connectivity index (χ1) is 17.0. The summed E-state index contributed by atoms with van der Waals surface area (Å²) in [4.78, 5) is 64.3. The fraction of sp³-hybridized carbons (Fsp3) is 0.577. The van der Waals surface area contributed by atoms with Crippen LogP contribution < -0.4 is 15.4 Å². The zero-order valence-electron chi connectivity index (χ0n) is 21.6. The maximum absolute atomic E-state index is 13.6. The molecule has 0 unspecified atom stereocenters. The molecule has 198 valence electrons. The molecule has 1 aliphatic rings. The van der Waals surface area contributed by atoms with Gasteiger partial charge in [0.15, 0.2) is 0 Å². The third-order valence-electron chi connectivity index (χ3n) is 6.77. The van der Waals surface area contributed by atoms with Gasteiger partial charge in [0.2, 0.25) is 11.8 Å². The fourth-order valence-electron chi connectivity index (χ4n) is 4.21. The molecule has 0 aromatic heterocycles. The molecule has 1 aromatic carbocycles. The summed E-state index contributed by atoms with van der Waals surface area (Å²) in [5.41, 5.74) is 0.113. The van der Waals surface area contributed by atoms with Crippen molar-refractivity contribution >= 4 is 29.7 Å². The summed E-state index contributed by atoms with van der Waals surface area (Å²) >= 11 is 0. The van der Waals surface area contributed by atoms with E-state index in [1.54, 1.807) is 19.1 Å². The summed E-state index contributed by atoms with van der Waals surface area (Å²) in [5, 5.41) is 14.9. The highest BCUT2D eigenvalue weighted by molar-refractivity contribution is 6.01. The van der Waals surface area contributed by atoms with Crippen molar-refractivity contribution in [2.24, 2.45) is 11.8 Å². The summed E-state index contributed by atoms with van der Waals surface area (Å²) < 4.78 is 5.13. The summed E-state index contributed by atoms with van der Waals surface area (Å²) in [7, 11) is 0. The molecule has 0 saturated carbocycles. The molecule has 1 aromatic rings. The Morgan fingerprint density at radius 1 is 1.03 bits per heavy atom. The number of hydrogen-bond donors (Lipinski definition) is 3. The number of benzene rings is 1. The largest absolute Gasteiger partial charge is 0.480 e. The van der Waals surface area contributed by atoms with Crippen LogP contribution in [0, 0.1) is 11.8 Å². The van der Waals surface area contributed by atoms with Crippen LogP contribution in [-0.4, -0.2) is 64.3 Å². The second-order valence-corrected chi connectivity index (χ2v) is 9.33. The van der Waals surface area contributed by atoms with E-state index in [1.807, 2.05) is 20.8 Å². The Morgan fingerprint density at radius 2 is 1.64 bits per heavy atom. The van der Waals surface area contributed by atoms with Crippen LogP contribution in [0.25, 0.3) is 0 Å². The van der Waals surface area contributed by atoms with Crippen molar-refractivity contribution < 1.29 is 33.8 Å². The first-order valence-corrected chi connectivity index (χ1v) is 12.4. The van der Waals surface area contributed by atoms with Crippen LogP contribution in [0.2, 0.25) is 0 Å². The minimum atomic E-state index is -1.12. The number of carbonyl (C=O) groups is 5. The highest BCUT2D eigenvalue weighted by Gasteiger charge is 2.40. The second-order valence-electron chi connectivity index (χ2n) is 9.33. The van der Waals surface area contributed by atoms with Crippen LogP contribution in [0.1, 0.15) is 70.7 Å². The number of nitrogens with one attached hydrogen (secondary N) is 2. The number of para-hydroxylation sites is 1. The molecule has 3 N–H and O–H groups in total. The molecule has 1 aliphatic heterocycles. The lowest BCUT2D eigenvalue weighted by Crippen LogP contribution is -2.57. The number of nitrogens with zero attached hydrogens (tertiary/aromatic N) is 1. The van der Waals surface area contributed by atoms with Crippen molar-refractivity contribution in [1.29, 1.82) is 0 Å². The van der Waals surface area contributed by atoms with Gasteiger partial charge in [0.05, 0.1) is 5.56 Å². The molecule has 0 bridgehead atoms. The van der Waals surface area contributed by atoms with Crippen molar-refractivity contribution in [3.63, 3.8) is 0 Å². The zero-order chi connectivity index (χ0) is 27.0. The first kappa shape index (κ1) is 28.8. The van der Waals surface area contributed by atoms with Gasteiger partial charge in [-0.15, -0.1) is 0 Å². The van der Waals surface area contributed by atoms with Gasteiger partial charge in [0.25, 0.3) is 5.91 Å². The molecule has 1 fully saturated rings. The lowest BCUT2D eigenvalue weighted by Gasteiger charge is -2.32.